The van der Waals surface area contributed by atoms with E-state index >= 15 is 0 Å². The number of carbonyl (C=O) groups is 5. The zero-order valence-corrected chi connectivity index (χ0v) is 49.6. The number of hydrogen-bond donors (Lipinski definition) is 25. The summed E-state index contributed by atoms with van der Waals surface area (Å²) in [6.45, 7) is -5.21. The lowest BCUT2D eigenvalue weighted by Gasteiger charge is -2.51. The normalized spacial score (nSPS) is 43.6. The molecule has 0 aromatic heterocycles. The first-order valence-corrected chi connectivity index (χ1v) is 29.0. The van der Waals surface area contributed by atoms with Crippen LogP contribution < -0.4 is 16.0 Å². The van der Waals surface area contributed by atoms with Crippen molar-refractivity contribution in [1.82, 2.24) is 16.0 Å². The number of carboxylic acids is 1. The monoisotopic (exact) mass is 1360 g/mol. The standard InChI is InChI=1S/C51H85N3O39/c1-13(63)52-25-16(66)4-51(50(80)81,92-41(25)29(71)18(68)6-56)93-44-32(74)22(10-60)84-49(37(44)79)89-40-24(12-62)86-46(27(34(40)76)54-15(3)65)91-43-31(73)21(9-59)83-48(36(43)78)88-39-23(11-61)85-45(26(33(39)75)53-14(2)64)90-42-30(72)20(8-58)82-47(35(42)77)87-38(19(69)7-57)28(70)17(67)5-55/h5,16-49,56-62,66-79H,4,6-12H2,1-3H3,(H,52,63)(H,53,64)(H,54,65)(H,80,81)/t16-,17-,18+,19+,20+,21+,22+,23+,24+,25+,26+,27+,28+,29+,30-,31-,32-,33+,34+,35+,36+,37+,38+,39+,40+,41+,42-,43-,44-,45?,46-,47-,48-,49-,51-/m0/s1. The highest BCUT2D eigenvalue weighted by Gasteiger charge is 2.62. The molecule has 1 unspecified atom stereocenters. The molecule has 0 spiro atoms. The molecular weight excluding hydrogens is 1280 g/mol. The van der Waals surface area contributed by atoms with Gasteiger partial charge in [0.1, 0.15) is 165 Å². The second kappa shape index (κ2) is 34.1. The van der Waals surface area contributed by atoms with Crippen LogP contribution in [0.3, 0.4) is 0 Å². The molecule has 6 aliphatic rings. The maximum Gasteiger partial charge on any atom is 0.364 e. The van der Waals surface area contributed by atoms with Gasteiger partial charge in [0.25, 0.3) is 5.79 Å². The molecule has 93 heavy (non-hydrogen) atoms. The Hall–Kier alpha value is -3.77. The lowest BCUT2D eigenvalue weighted by molar-refractivity contribution is -0.391. The number of ether oxygens (including phenoxy) is 12. The van der Waals surface area contributed by atoms with Crippen molar-refractivity contribution in [2.45, 2.75) is 241 Å². The first-order valence-electron chi connectivity index (χ1n) is 29.0. The molecule has 6 heterocycles. The summed E-state index contributed by atoms with van der Waals surface area (Å²) in [7, 11) is 0. The van der Waals surface area contributed by atoms with Gasteiger partial charge in [-0.15, -0.1) is 0 Å². The number of amides is 3. The Kier molecular flexibility index (Phi) is 28.7. The molecule has 35 atom stereocenters. The van der Waals surface area contributed by atoms with Gasteiger partial charge >= 0.3 is 5.97 Å². The minimum absolute atomic E-state index is 0.158. The third-order valence-electron chi connectivity index (χ3n) is 16.3. The van der Waals surface area contributed by atoms with E-state index in [9.17, 15) is 136 Å². The highest BCUT2D eigenvalue weighted by Crippen LogP contribution is 2.40. The summed E-state index contributed by atoms with van der Waals surface area (Å²) < 4.78 is 68.9. The number of rotatable bonds is 29. The van der Waals surface area contributed by atoms with Crippen LogP contribution in [0.5, 0.6) is 0 Å². The molecule has 6 saturated heterocycles. The van der Waals surface area contributed by atoms with E-state index in [1.54, 1.807) is 0 Å². The molecule has 6 fully saturated rings. The van der Waals surface area contributed by atoms with Gasteiger partial charge in [0.15, 0.2) is 37.7 Å². The Morgan fingerprint density at radius 1 is 0.484 bits per heavy atom. The summed E-state index contributed by atoms with van der Waals surface area (Å²) in [4.78, 5) is 61.9. The Morgan fingerprint density at radius 2 is 0.849 bits per heavy atom. The second-order valence-electron chi connectivity index (χ2n) is 22.8. The summed E-state index contributed by atoms with van der Waals surface area (Å²) >= 11 is 0. The van der Waals surface area contributed by atoms with Crippen LogP contribution in [0.25, 0.3) is 0 Å². The van der Waals surface area contributed by atoms with Crippen LogP contribution in [0.2, 0.25) is 0 Å². The predicted octanol–water partition coefficient (Wildman–Crippen LogP) is -16.8. The lowest BCUT2D eigenvalue weighted by Crippen LogP contribution is -2.71. The summed E-state index contributed by atoms with van der Waals surface area (Å²) in [5.41, 5.74) is 0. The lowest BCUT2D eigenvalue weighted by atomic mass is 9.88. The SMILES string of the molecule is CC(=O)N[C@H]1[C@H](O[C@H]2[C@@H](O)[C@@H](CO)O[C@@H](O[C@H]3[C@H](O)[C@@H](NC(C)=O)C(O[C@H]4[C@@H](O)[C@@H](CO)O[C@@H](O[C@@H]([C@H](O)[C@@H](O)C=O)[C@H](O)CO)[C@@H]4O)O[C@@H]3CO)[C@@H]2O)O[C@H](CO)[C@@H](O[C@@H]2O[C@H](CO)[C@H](O)[C@H](O[C@]3(C(=O)O)C[C@H](O)[C@@H](NC(C)=O)[C@H]([C@H](O)[C@H](O)CO)O3)[C@H]2O)[C@@H]1O. The van der Waals surface area contributed by atoms with E-state index in [0.29, 0.717) is 0 Å². The number of carbonyl (C=O) groups excluding carboxylic acids is 4. The number of aliphatic carboxylic acids is 1. The molecule has 25 N–H and O–H groups in total. The zero-order chi connectivity index (χ0) is 69.4. The fraction of sp³-hybridized carbons (Fsp3) is 0.902. The van der Waals surface area contributed by atoms with Crippen LogP contribution in [-0.2, 0) is 80.8 Å². The van der Waals surface area contributed by atoms with E-state index in [4.69, 9.17) is 56.8 Å². The van der Waals surface area contributed by atoms with Crippen LogP contribution in [0.4, 0.5) is 0 Å². The number of aliphatic hydroxyl groups is 21. The Bertz CT molecular complexity index is 2400. The van der Waals surface area contributed by atoms with Gasteiger partial charge in [-0.2, -0.15) is 0 Å². The number of nitrogens with one attached hydrogen (secondary N) is 3. The molecule has 538 valence electrons. The summed E-state index contributed by atoms with van der Waals surface area (Å²) in [5.74, 6) is -8.09. The van der Waals surface area contributed by atoms with Crippen molar-refractivity contribution in [2.75, 3.05) is 46.2 Å². The van der Waals surface area contributed by atoms with Crippen LogP contribution in [-0.4, -0.2) is 403 Å². The second-order valence-corrected chi connectivity index (χ2v) is 22.8. The van der Waals surface area contributed by atoms with Crippen molar-refractivity contribution in [3.63, 3.8) is 0 Å². The fourth-order valence-corrected chi connectivity index (χ4v) is 11.5. The van der Waals surface area contributed by atoms with Crippen molar-refractivity contribution in [2.24, 2.45) is 0 Å². The van der Waals surface area contributed by atoms with Gasteiger partial charge in [-0.05, 0) is 0 Å². The maximum absolute atomic E-state index is 13.1. The maximum atomic E-state index is 13.1. The van der Waals surface area contributed by atoms with E-state index in [2.05, 4.69) is 16.0 Å². The average molecular weight is 1360 g/mol. The zero-order valence-electron chi connectivity index (χ0n) is 49.6. The van der Waals surface area contributed by atoms with E-state index in [-0.39, 0.29) is 6.29 Å². The van der Waals surface area contributed by atoms with E-state index in [0.717, 1.165) is 20.8 Å². The summed E-state index contributed by atoms with van der Waals surface area (Å²) in [6.07, 6.45) is -67.4. The quantitative estimate of drug-likeness (QED) is 0.0309. The fourth-order valence-electron chi connectivity index (χ4n) is 11.5. The largest absolute Gasteiger partial charge is 0.477 e. The van der Waals surface area contributed by atoms with Gasteiger partial charge in [-0.25, -0.2) is 4.79 Å². The molecule has 3 amide bonds. The number of aliphatic hydroxyl groups excluding tert-OH is 21. The minimum Gasteiger partial charge on any atom is -0.477 e. The molecule has 6 aliphatic heterocycles. The van der Waals surface area contributed by atoms with Gasteiger partial charge in [0.05, 0.1) is 58.4 Å². The van der Waals surface area contributed by atoms with Crippen molar-refractivity contribution in [3.05, 3.63) is 0 Å². The number of carboxylic acid groups (broad SMARTS) is 1. The minimum atomic E-state index is -3.24. The Balaban J connectivity index is 1.23. The first-order chi connectivity index (χ1) is 43.8. The molecule has 0 radical (unpaired) electrons. The van der Waals surface area contributed by atoms with Gasteiger partial charge in [-0.3, -0.25) is 14.4 Å². The van der Waals surface area contributed by atoms with Crippen LogP contribution in [0, 0.1) is 0 Å². The number of hydrogen-bond acceptors (Lipinski definition) is 38. The molecular formula is C51H85N3O39. The third-order valence-corrected chi connectivity index (χ3v) is 16.3. The topological polar surface area (TPSA) is 677 Å². The molecule has 0 bridgehead atoms. The molecule has 0 aromatic rings. The Labute approximate surface area is 525 Å². The summed E-state index contributed by atoms with van der Waals surface area (Å²) in [5, 5.41) is 245. The number of aldehydes is 1. The van der Waals surface area contributed by atoms with Gasteiger partial charge < -0.3 is 190 Å². The van der Waals surface area contributed by atoms with Crippen molar-refractivity contribution in [3.8, 4) is 0 Å². The average Bonchev–Trinajstić information content (AvgIpc) is 0.773. The van der Waals surface area contributed by atoms with E-state index in [1.165, 1.54) is 0 Å². The molecule has 0 aliphatic carbocycles. The van der Waals surface area contributed by atoms with Crippen LogP contribution in [0.15, 0.2) is 0 Å². The molecule has 0 saturated carbocycles. The molecule has 6 rings (SSSR count). The third kappa shape index (κ3) is 17.6. The van der Waals surface area contributed by atoms with E-state index in [1.807, 2.05) is 0 Å². The van der Waals surface area contributed by atoms with Crippen molar-refractivity contribution < 1.29 is 193 Å². The highest BCUT2D eigenvalue weighted by atomic mass is 16.8. The molecule has 42 nitrogen and oxygen atoms in total. The van der Waals surface area contributed by atoms with Crippen molar-refractivity contribution >= 4 is 30.0 Å². The smallest absolute Gasteiger partial charge is 0.364 e. The van der Waals surface area contributed by atoms with Gasteiger partial charge in [0, 0.05) is 27.2 Å². The van der Waals surface area contributed by atoms with Gasteiger partial charge in [0.2, 0.25) is 17.7 Å². The Morgan fingerprint density at radius 3 is 1.24 bits per heavy atom. The molecule has 42 heteroatoms. The van der Waals surface area contributed by atoms with Crippen LogP contribution >= 0.6 is 0 Å². The van der Waals surface area contributed by atoms with Crippen molar-refractivity contribution in [1.29, 1.82) is 0 Å². The molecule has 0 aromatic carbocycles. The van der Waals surface area contributed by atoms with Gasteiger partial charge in [-0.1, -0.05) is 0 Å². The highest BCUT2D eigenvalue weighted by molar-refractivity contribution is 5.77. The van der Waals surface area contributed by atoms with E-state index < -0.39 is 290 Å². The summed E-state index contributed by atoms with van der Waals surface area (Å²) in [6, 6.07) is -5.56. The first kappa shape index (κ1) is 78.2. The predicted molar refractivity (Wildman–Crippen MR) is 285 cm³/mol. The van der Waals surface area contributed by atoms with Crippen LogP contribution in [0.1, 0.15) is 27.2 Å².